The molecule has 0 radical (unpaired) electrons. The first-order chi connectivity index (χ1) is 15.8. The maximum atomic E-state index is 12.7. The monoisotopic (exact) mass is 473 g/mol. The Labute approximate surface area is 195 Å². The van der Waals surface area contributed by atoms with Gasteiger partial charge in [0.2, 0.25) is 21.8 Å². The van der Waals surface area contributed by atoms with Gasteiger partial charge in [-0.05, 0) is 29.2 Å². The third kappa shape index (κ3) is 6.86. The highest BCUT2D eigenvalue weighted by Gasteiger charge is 2.26. The zero-order valence-electron chi connectivity index (χ0n) is 19.0. The summed E-state index contributed by atoms with van der Waals surface area (Å²) in [6.07, 6.45) is 0.205. The minimum atomic E-state index is -3.56. The van der Waals surface area contributed by atoms with Gasteiger partial charge >= 0.3 is 0 Å². The molecule has 1 fully saturated rings. The van der Waals surface area contributed by atoms with E-state index in [0.29, 0.717) is 26.3 Å². The van der Waals surface area contributed by atoms with E-state index >= 15 is 0 Å². The summed E-state index contributed by atoms with van der Waals surface area (Å²) in [6, 6.07) is 15.2. The van der Waals surface area contributed by atoms with E-state index in [1.807, 2.05) is 44.2 Å². The quantitative estimate of drug-likeness (QED) is 0.577. The van der Waals surface area contributed by atoms with Crippen LogP contribution >= 0.6 is 0 Å². The maximum absolute atomic E-state index is 12.7. The number of carbonyl (C=O) groups is 2. The van der Waals surface area contributed by atoms with Gasteiger partial charge in [-0.15, -0.1) is 0 Å². The number of sulfonamides is 1. The fourth-order valence-corrected chi connectivity index (χ4v) is 4.96. The number of ether oxygens (including phenoxy) is 1. The molecule has 0 aromatic heterocycles. The van der Waals surface area contributed by atoms with E-state index in [1.165, 1.54) is 4.31 Å². The molecule has 1 saturated heterocycles. The van der Waals surface area contributed by atoms with E-state index in [0.717, 1.165) is 11.1 Å². The third-order valence-corrected chi connectivity index (χ3v) is 7.38. The van der Waals surface area contributed by atoms with Crippen molar-refractivity contribution in [3.05, 3.63) is 65.7 Å². The predicted octanol–water partition coefficient (Wildman–Crippen LogP) is 1.71. The van der Waals surface area contributed by atoms with Crippen LogP contribution in [0, 0.1) is 5.92 Å². The number of hydrogen-bond donors (Lipinski definition) is 2. The highest BCUT2D eigenvalue weighted by molar-refractivity contribution is 7.89. The lowest BCUT2D eigenvalue weighted by Crippen LogP contribution is -2.49. The molecule has 0 bridgehead atoms. The first-order valence-corrected chi connectivity index (χ1v) is 12.5. The van der Waals surface area contributed by atoms with Crippen LogP contribution in [0.1, 0.15) is 25.0 Å². The van der Waals surface area contributed by atoms with E-state index in [1.54, 1.807) is 24.3 Å². The van der Waals surface area contributed by atoms with Gasteiger partial charge in [-0.1, -0.05) is 56.3 Å². The summed E-state index contributed by atoms with van der Waals surface area (Å²) < 4.78 is 32.1. The summed E-state index contributed by atoms with van der Waals surface area (Å²) in [6.45, 7) is 5.44. The van der Waals surface area contributed by atoms with E-state index in [9.17, 15) is 18.0 Å². The lowest BCUT2D eigenvalue weighted by molar-refractivity contribution is -0.129. The Hall–Kier alpha value is -2.75. The normalized spacial score (nSPS) is 15.7. The molecular formula is C24H31N3O5S. The van der Waals surface area contributed by atoms with Gasteiger partial charge in [0, 0.05) is 19.6 Å². The first kappa shape index (κ1) is 24.9. The smallest absolute Gasteiger partial charge is 0.243 e. The van der Waals surface area contributed by atoms with Gasteiger partial charge in [-0.3, -0.25) is 9.59 Å². The zero-order chi connectivity index (χ0) is 23.8. The zero-order valence-corrected chi connectivity index (χ0v) is 19.8. The second-order valence-electron chi connectivity index (χ2n) is 8.33. The van der Waals surface area contributed by atoms with Crippen LogP contribution in [0.25, 0.3) is 0 Å². The highest BCUT2D eigenvalue weighted by atomic mass is 32.2. The van der Waals surface area contributed by atoms with Crippen molar-refractivity contribution in [2.75, 3.05) is 26.3 Å². The summed E-state index contributed by atoms with van der Waals surface area (Å²) >= 11 is 0. The molecule has 0 spiro atoms. The Bertz CT molecular complexity index is 1030. The number of rotatable bonds is 9. The maximum Gasteiger partial charge on any atom is 0.243 e. The topological polar surface area (TPSA) is 105 Å². The SMILES string of the molecule is CC(C)[C@H](NC(=O)Cc1ccccc1)C(=O)NCc1ccc(S(=O)(=O)N2CCOCC2)cc1. The van der Waals surface area contributed by atoms with Crippen molar-refractivity contribution in [3.63, 3.8) is 0 Å². The number of nitrogens with zero attached hydrogens (tertiary/aromatic N) is 1. The van der Waals surface area contributed by atoms with Crippen molar-refractivity contribution in [3.8, 4) is 0 Å². The second-order valence-corrected chi connectivity index (χ2v) is 10.3. The predicted molar refractivity (Wildman–Crippen MR) is 125 cm³/mol. The average Bonchev–Trinajstić information content (AvgIpc) is 2.82. The van der Waals surface area contributed by atoms with Crippen LogP contribution in [0.5, 0.6) is 0 Å². The second kappa shape index (κ2) is 11.4. The molecule has 2 N–H and O–H groups in total. The average molecular weight is 474 g/mol. The molecule has 1 aliphatic heterocycles. The molecule has 3 rings (SSSR count). The number of hydrogen-bond acceptors (Lipinski definition) is 5. The largest absolute Gasteiger partial charge is 0.379 e. The summed E-state index contributed by atoms with van der Waals surface area (Å²) in [5.74, 6) is -0.588. The number of nitrogens with one attached hydrogen (secondary N) is 2. The summed E-state index contributed by atoms with van der Waals surface area (Å²) in [7, 11) is -3.56. The van der Waals surface area contributed by atoms with Crippen LogP contribution in [-0.2, 0) is 37.3 Å². The molecule has 2 aromatic rings. The van der Waals surface area contributed by atoms with Gasteiger partial charge in [-0.25, -0.2) is 8.42 Å². The van der Waals surface area contributed by atoms with Crippen molar-refractivity contribution >= 4 is 21.8 Å². The van der Waals surface area contributed by atoms with Crippen LogP contribution in [0.2, 0.25) is 0 Å². The molecule has 2 amide bonds. The molecule has 0 aliphatic carbocycles. The Kier molecular flexibility index (Phi) is 8.60. The molecule has 8 nitrogen and oxygen atoms in total. The Morgan fingerprint density at radius 1 is 0.970 bits per heavy atom. The van der Waals surface area contributed by atoms with Crippen LogP contribution in [0.15, 0.2) is 59.5 Å². The highest BCUT2D eigenvalue weighted by Crippen LogP contribution is 2.17. The third-order valence-electron chi connectivity index (χ3n) is 5.47. The minimum absolute atomic E-state index is 0.0919. The van der Waals surface area contributed by atoms with Crippen molar-refractivity contribution in [2.45, 2.75) is 37.8 Å². The van der Waals surface area contributed by atoms with E-state index in [4.69, 9.17) is 4.74 Å². The lowest BCUT2D eigenvalue weighted by Gasteiger charge is -2.26. The fourth-order valence-electron chi connectivity index (χ4n) is 3.56. The van der Waals surface area contributed by atoms with Crippen molar-refractivity contribution < 1.29 is 22.7 Å². The van der Waals surface area contributed by atoms with Gasteiger partial charge in [-0.2, -0.15) is 4.31 Å². The Morgan fingerprint density at radius 2 is 1.61 bits per heavy atom. The minimum Gasteiger partial charge on any atom is -0.379 e. The molecule has 178 valence electrons. The molecule has 9 heteroatoms. The molecular weight excluding hydrogens is 442 g/mol. The fraction of sp³-hybridized carbons (Fsp3) is 0.417. The molecule has 0 unspecified atom stereocenters. The van der Waals surface area contributed by atoms with Gasteiger partial charge in [0.25, 0.3) is 0 Å². The van der Waals surface area contributed by atoms with Crippen molar-refractivity contribution in [1.82, 2.24) is 14.9 Å². The van der Waals surface area contributed by atoms with Crippen molar-refractivity contribution in [2.24, 2.45) is 5.92 Å². The molecule has 0 saturated carbocycles. The van der Waals surface area contributed by atoms with Crippen LogP contribution < -0.4 is 10.6 Å². The summed E-state index contributed by atoms with van der Waals surface area (Å²) in [4.78, 5) is 25.4. The molecule has 1 aliphatic rings. The Balaban J connectivity index is 1.56. The molecule has 33 heavy (non-hydrogen) atoms. The Morgan fingerprint density at radius 3 is 2.21 bits per heavy atom. The summed E-state index contributed by atoms with van der Waals surface area (Å²) in [5.41, 5.74) is 1.65. The lowest BCUT2D eigenvalue weighted by atomic mass is 10.0. The standard InChI is InChI=1S/C24H31N3O5S/c1-18(2)23(26-22(28)16-19-6-4-3-5-7-19)24(29)25-17-20-8-10-21(11-9-20)33(30,31)27-12-14-32-15-13-27/h3-11,18,23H,12-17H2,1-2H3,(H,25,29)(H,26,28)/t23-/m0/s1. The van der Waals surface area contributed by atoms with Crippen LogP contribution in [0.4, 0.5) is 0 Å². The van der Waals surface area contributed by atoms with E-state index < -0.39 is 16.1 Å². The molecule has 1 heterocycles. The van der Waals surface area contributed by atoms with Gasteiger partial charge in [0.05, 0.1) is 24.5 Å². The molecule has 1 atom stereocenters. The summed E-state index contributed by atoms with van der Waals surface area (Å²) in [5, 5.41) is 5.66. The van der Waals surface area contributed by atoms with Crippen LogP contribution in [0.3, 0.4) is 0 Å². The van der Waals surface area contributed by atoms with Crippen LogP contribution in [-0.4, -0.2) is 56.9 Å². The number of amides is 2. The van der Waals surface area contributed by atoms with E-state index in [-0.39, 0.29) is 35.6 Å². The van der Waals surface area contributed by atoms with Gasteiger partial charge < -0.3 is 15.4 Å². The number of benzene rings is 2. The van der Waals surface area contributed by atoms with E-state index in [2.05, 4.69) is 10.6 Å². The molecule has 2 aromatic carbocycles. The van der Waals surface area contributed by atoms with Gasteiger partial charge in [0.1, 0.15) is 6.04 Å². The first-order valence-electron chi connectivity index (χ1n) is 11.0. The van der Waals surface area contributed by atoms with Gasteiger partial charge in [0.15, 0.2) is 0 Å². The number of carbonyl (C=O) groups excluding carboxylic acids is 2. The number of morpholine rings is 1. The van der Waals surface area contributed by atoms with Crippen molar-refractivity contribution in [1.29, 1.82) is 0 Å².